The third kappa shape index (κ3) is 7.68. The lowest BCUT2D eigenvalue weighted by atomic mass is 9.90. The van der Waals surface area contributed by atoms with Crippen LogP contribution in [0, 0.1) is 11.7 Å². The number of hydrogen-bond donors (Lipinski definition) is 1. The van der Waals surface area contributed by atoms with Gasteiger partial charge in [0.1, 0.15) is 11.9 Å². The van der Waals surface area contributed by atoms with E-state index in [9.17, 15) is 30.8 Å². The molecule has 0 spiro atoms. The summed E-state index contributed by atoms with van der Waals surface area (Å²) in [5, 5.41) is 2.81. The lowest BCUT2D eigenvalue weighted by molar-refractivity contribution is -0.137. The quantitative estimate of drug-likeness (QED) is 0.211. The highest BCUT2D eigenvalue weighted by Crippen LogP contribution is 2.32. The van der Waals surface area contributed by atoms with Gasteiger partial charge < -0.3 is 10.2 Å². The zero-order chi connectivity index (χ0) is 33.9. The molecule has 0 aliphatic carbocycles. The fraction of sp³-hybridized carbons (Fsp3) is 0.343. The van der Waals surface area contributed by atoms with Gasteiger partial charge in [0.25, 0.3) is 0 Å². The number of sulfonamides is 1. The van der Waals surface area contributed by atoms with Gasteiger partial charge in [0, 0.05) is 25.2 Å². The molecule has 0 unspecified atom stereocenters. The molecule has 48 heavy (non-hydrogen) atoms. The molecular formula is C35H35F4N5O3S. The van der Waals surface area contributed by atoms with Crippen LogP contribution >= 0.6 is 0 Å². The Hall–Kier alpha value is -4.36. The largest absolute Gasteiger partial charge is 0.416 e. The fourth-order valence-corrected chi connectivity index (χ4v) is 7.96. The minimum atomic E-state index is -4.48. The highest BCUT2D eigenvalue weighted by Gasteiger charge is 2.39. The van der Waals surface area contributed by atoms with E-state index >= 15 is 0 Å². The monoisotopic (exact) mass is 681 g/mol. The number of rotatable bonds is 9. The molecule has 0 saturated carbocycles. The number of halogens is 4. The lowest BCUT2D eigenvalue weighted by Gasteiger charge is -2.32. The molecule has 1 N–H and O–H groups in total. The predicted octanol–water partition coefficient (Wildman–Crippen LogP) is 6.23. The first-order valence-corrected chi connectivity index (χ1v) is 17.3. The van der Waals surface area contributed by atoms with E-state index in [0.717, 1.165) is 47.8 Å². The first kappa shape index (κ1) is 33.5. The van der Waals surface area contributed by atoms with Crippen molar-refractivity contribution in [3.05, 3.63) is 108 Å². The number of carbonyl (C=O) groups is 1. The third-order valence-electron chi connectivity index (χ3n) is 8.91. The third-order valence-corrected chi connectivity index (χ3v) is 10.8. The number of nitrogens with zero attached hydrogens (tertiary/aromatic N) is 4. The zero-order valence-corrected chi connectivity index (χ0v) is 26.9. The second-order valence-electron chi connectivity index (χ2n) is 12.2. The second kappa shape index (κ2) is 14.0. The molecule has 13 heteroatoms. The van der Waals surface area contributed by atoms with Crippen LogP contribution in [0.3, 0.4) is 0 Å². The Morgan fingerprint density at radius 2 is 1.56 bits per heavy atom. The van der Waals surface area contributed by atoms with Gasteiger partial charge in [-0.1, -0.05) is 42.5 Å². The van der Waals surface area contributed by atoms with Gasteiger partial charge in [-0.25, -0.2) is 22.8 Å². The van der Waals surface area contributed by atoms with Gasteiger partial charge in [-0.15, -0.1) is 0 Å². The minimum Gasteiger partial charge on any atom is -0.349 e. The van der Waals surface area contributed by atoms with E-state index in [1.54, 1.807) is 6.07 Å². The smallest absolute Gasteiger partial charge is 0.349 e. The van der Waals surface area contributed by atoms with Gasteiger partial charge in [-0.05, 0) is 86.1 Å². The van der Waals surface area contributed by atoms with E-state index < -0.39 is 39.5 Å². The average molecular weight is 682 g/mol. The maximum absolute atomic E-state index is 13.4. The van der Waals surface area contributed by atoms with E-state index in [1.807, 2.05) is 23.1 Å². The van der Waals surface area contributed by atoms with Crippen molar-refractivity contribution in [1.82, 2.24) is 19.6 Å². The van der Waals surface area contributed by atoms with E-state index in [4.69, 9.17) is 9.97 Å². The number of anilines is 1. The second-order valence-corrected chi connectivity index (χ2v) is 14.1. The number of nitrogens with one attached hydrogen (secondary N) is 1. The molecular weight excluding hydrogens is 646 g/mol. The van der Waals surface area contributed by atoms with Crippen molar-refractivity contribution in [2.75, 3.05) is 24.5 Å². The number of carbonyl (C=O) groups excluding carboxylic acids is 1. The van der Waals surface area contributed by atoms with Crippen LogP contribution in [-0.2, 0) is 34.0 Å². The summed E-state index contributed by atoms with van der Waals surface area (Å²) >= 11 is 0. The van der Waals surface area contributed by atoms with Crippen LogP contribution in [0.5, 0.6) is 0 Å². The molecule has 3 aromatic carbocycles. The van der Waals surface area contributed by atoms with Gasteiger partial charge in [-0.3, -0.25) is 4.79 Å². The molecule has 4 aromatic rings. The molecule has 252 valence electrons. The van der Waals surface area contributed by atoms with E-state index in [2.05, 4.69) is 17.4 Å². The van der Waals surface area contributed by atoms with Crippen LogP contribution < -0.4 is 10.2 Å². The van der Waals surface area contributed by atoms with Gasteiger partial charge in [0.15, 0.2) is 0 Å². The predicted molar refractivity (Wildman–Crippen MR) is 173 cm³/mol. The van der Waals surface area contributed by atoms with Crippen LogP contribution in [-0.4, -0.2) is 54.3 Å². The molecule has 3 heterocycles. The fourth-order valence-electron chi connectivity index (χ4n) is 6.31. The van der Waals surface area contributed by atoms with Gasteiger partial charge in [0.05, 0.1) is 28.4 Å². The molecule has 2 aliphatic rings. The number of hydrogen-bond acceptors (Lipinski definition) is 6. The highest BCUT2D eigenvalue weighted by atomic mass is 32.2. The number of benzene rings is 3. The molecule has 8 nitrogen and oxygen atoms in total. The zero-order valence-electron chi connectivity index (χ0n) is 26.0. The highest BCUT2D eigenvalue weighted by molar-refractivity contribution is 7.89. The summed E-state index contributed by atoms with van der Waals surface area (Å²) in [7, 11) is -4.04. The van der Waals surface area contributed by atoms with Crippen LogP contribution in [0.1, 0.15) is 42.5 Å². The first-order valence-electron chi connectivity index (χ1n) is 15.9. The molecule has 1 aromatic heterocycles. The van der Waals surface area contributed by atoms with Crippen molar-refractivity contribution in [2.24, 2.45) is 5.92 Å². The van der Waals surface area contributed by atoms with Crippen molar-refractivity contribution in [2.45, 2.75) is 55.8 Å². The Morgan fingerprint density at radius 1 is 0.875 bits per heavy atom. The molecule has 2 saturated heterocycles. The summed E-state index contributed by atoms with van der Waals surface area (Å²) in [5.41, 5.74) is 1.81. The Kier molecular flexibility index (Phi) is 9.79. The summed E-state index contributed by atoms with van der Waals surface area (Å²) < 4.78 is 80.9. The first-order chi connectivity index (χ1) is 23.0. The van der Waals surface area contributed by atoms with Crippen LogP contribution in [0.2, 0.25) is 0 Å². The van der Waals surface area contributed by atoms with Crippen molar-refractivity contribution in [3.8, 4) is 11.3 Å². The van der Waals surface area contributed by atoms with Crippen molar-refractivity contribution >= 4 is 21.9 Å². The van der Waals surface area contributed by atoms with Crippen molar-refractivity contribution < 1.29 is 30.8 Å². The number of amides is 1. The molecule has 2 aliphatic heterocycles. The molecule has 0 radical (unpaired) electrons. The summed E-state index contributed by atoms with van der Waals surface area (Å²) in [6.45, 7) is 1.48. The van der Waals surface area contributed by atoms with Crippen molar-refractivity contribution in [1.29, 1.82) is 0 Å². The molecule has 6 rings (SSSR count). The number of aromatic nitrogens is 2. The topological polar surface area (TPSA) is 95.5 Å². The Balaban J connectivity index is 1.20. The van der Waals surface area contributed by atoms with Crippen LogP contribution in [0.15, 0.2) is 89.8 Å². The molecule has 1 amide bonds. The minimum absolute atomic E-state index is 0.0482. The van der Waals surface area contributed by atoms with E-state index in [-0.39, 0.29) is 18.0 Å². The van der Waals surface area contributed by atoms with Crippen LogP contribution in [0.25, 0.3) is 11.3 Å². The number of alkyl halides is 3. The summed E-state index contributed by atoms with van der Waals surface area (Å²) in [6, 6.07) is 20.1. The molecule has 0 bridgehead atoms. The summed E-state index contributed by atoms with van der Waals surface area (Å²) in [6.07, 6.45) is -0.894. The standard InChI is InChI=1S/C35H35F4N5O3S/c36-28-12-14-30(15-13-28)48(46,47)44-18-4-7-32(44)33(45)40-23-29-22-31(26-8-10-27(11-9-26)35(37,38)39)42-34(41-29)43-19-16-25(17-20-43)21-24-5-2-1-3-6-24/h1-3,5-6,8-15,22,25,32H,4,7,16-21,23H2,(H,40,45)/t32-/m0/s1. The SMILES string of the molecule is O=C(NCc1cc(-c2ccc(C(F)(F)F)cc2)nc(N2CCC(Cc3ccccc3)CC2)n1)[C@@H]1CCCN1S(=O)(=O)c1ccc(F)cc1. The van der Waals surface area contributed by atoms with Crippen molar-refractivity contribution in [3.63, 3.8) is 0 Å². The van der Waals surface area contributed by atoms with E-state index in [0.29, 0.717) is 54.7 Å². The Morgan fingerprint density at radius 3 is 2.23 bits per heavy atom. The van der Waals surface area contributed by atoms with Gasteiger partial charge in [-0.2, -0.15) is 17.5 Å². The Bertz CT molecular complexity index is 1830. The Labute approximate surface area is 276 Å². The lowest BCUT2D eigenvalue weighted by Crippen LogP contribution is -2.45. The van der Waals surface area contributed by atoms with Gasteiger partial charge >= 0.3 is 6.18 Å². The van der Waals surface area contributed by atoms with E-state index in [1.165, 1.54) is 29.8 Å². The average Bonchev–Trinajstić information content (AvgIpc) is 3.59. The number of piperidine rings is 1. The molecule has 1 atom stereocenters. The van der Waals surface area contributed by atoms with Crippen LogP contribution in [0.4, 0.5) is 23.5 Å². The summed E-state index contributed by atoms with van der Waals surface area (Å²) in [5.74, 6) is -0.172. The van der Waals surface area contributed by atoms with Gasteiger partial charge in [0.2, 0.25) is 21.9 Å². The normalized spacial score (nSPS) is 17.8. The maximum atomic E-state index is 13.4. The molecule has 2 fully saturated rings. The summed E-state index contributed by atoms with van der Waals surface area (Å²) in [4.78, 5) is 24.8. The maximum Gasteiger partial charge on any atom is 0.416 e.